The molecule has 20 heavy (non-hydrogen) atoms. The molecule has 0 aliphatic carbocycles. The number of nitrogens with one attached hydrogen (secondary N) is 1. The van der Waals surface area contributed by atoms with E-state index in [0.717, 1.165) is 0 Å². The quantitative estimate of drug-likeness (QED) is 0.768. The van der Waals surface area contributed by atoms with Crippen molar-refractivity contribution in [2.45, 2.75) is 24.8 Å². The third kappa shape index (κ3) is 5.46. The standard InChI is InChI=1S/C12H17ClN2O4S/c1-8(2)19-4-3-15-12(16)9-5-10(13)7-11(6-9)20(14,17)18/h5-8H,3-4H2,1-2H3,(H,15,16)(H2,14,17,18). The number of halogens is 1. The second kappa shape index (κ2) is 7.03. The van der Waals surface area contributed by atoms with E-state index in [1.54, 1.807) is 0 Å². The van der Waals surface area contributed by atoms with Crippen LogP contribution in [0.25, 0.3) is 0 Å². The Hall–Kier alpha value is -1.15. The Morgan fingerprint density at radius 3 is 2.60 bits per heavy atom. The number of carbonyl (C=O) groups excluding carboxylic acids is 1. The summed E-state index contributed by atoms with van der Waals surface area (Å²) in [6.45, 7) is 4.45. The van der Waals surface area contributed by atoms with Crippen LogP contribution >= 0.6 is 11.6 Å². The molecule has 6 nitrogen and oxygen atoms in total. The summed E-state index contributed by atoms with van der Waals surface area (Å²) in [5, 5.41) is 7.74. The van der Waals surface area contributed by atoms with Gasteiger partial charge in [-0.05, 0) is 32.0 Å². The first kappa shape index (κ1) is 16.9. The van der Waals surface area contributed by atoms with Gasteiger partial charge in [0.25, 0.3) is 5.91 Å². The van der Waals surface area contributed by atoms with Crippen molar-refractivity contribution < 1.29 is 17.9 Å². The number of carbonyl (C=O) groups is 1. The molecule has 0 bridgehead atoms. The molecule has 0 atom stereocenters. The number of rotatable bonds is 6. The van der Waals surface area contributed by atoms with Gasteiger partial charge in [0, 0.05) is 17.1 Å². The highest BCUT2D eigenvalue weighted by molar-refractivity contribution is 7.89. The van der Waals surface area contributed by atoms with E-state index in [2.05, 4.69) is 5.32 Å². The Kier molecular flexibility index (Phi) is 5.94. The molecule has 0 saturated heterocycles. The molecule has 0 aliphatic heterocycles. The minimum Gasteiger partial charge on any atom is -0.377 e. The third-order valence-electron chi connectivity index (χ3n) is 2.30. The van der Waals surface area contributed by atoms with E-state index >= 15 is 0 Å². The number of amides is 1. The van der Waals surface area contributed by atoms with Gasteiger partial charge < -0.3 is 10.1 Å². The van der Waals surface area contributed by atoms with Gasteiger partial charge in [-0.25, -0.2) is 13.6 Å². The molecule has 1 rings (SSSR count). The van der Waals surface area contributed by atoms with Crippen LogP contribution in [0.1, 0.15) is 24.2 Å². The van der Waals surface area contributed by atoms with Gasteiger partial charge in [0.05, 0.1) is 17.6 Å². The van der Waals surface area contributed by atoms with E-state index in [-0.39, 0.29) is 21.6 Å². The van der Waals surface area contributed by atoms with Crippen LogP contribution in [0, 0.1) is 0 Å². The van der Waals surface area contributed by atoms with Crippen molar-refractivity contribution in [3.8, 4) is 0 Å². The molecule has 112 valence electrons. The van der Waals surface area contributed by atoms with Crippen LogP contribution < -0.4 is 10.5 Å². The first-order chi connectivity index (χ1) is 9.20. The van der Waals surface area contributed by atoms with Crippen molar-refractivity contribution >= 4 is 27.5 Å². The predicted molar refractivity (Wildman–Crippen MR) is 76.2 cm³/mol. The molecule has 1 aromatic carbocycles. The SMILES string of the molecule is CC(C)OCCNC(=O)c1cc(Cl)cc(S(N)(=O)=O)c1. The fraction of sp³-hybridized carbons (Fsp3) is 0.417. The van der Waals surface area contributed by atoms with E-state index in [1.165, 1.54) is 18.2 Å². The summed E-state index contributed by atoms with van der Waals surface area (Å²) in [6.07, 6.45) is 0.0760. The molecule has 1 amide bonds. The van der Waals surface area contributed by atoms with Crippen LogP contribution in [0.3, 0.4) is 0 Å². The average molecular weight is 321 g/mol. The van der Waals surface area contributed by atoms with Crippen molar-refractivity contribution in [1.29, 1.82) is 0 Å². The topological polar surface area (TPSA) is 98.5 Å². The predicted octanol–water partition coefficient (Wildman–Crippen LogP) is 1.14. The second-order valence-electron chi connectivity index (χ2n) is 4.40. The summed E-state index contributed by atoms with van der Waals surface area (Å²) in [7, 11) is -3.91. The molecular weight excluding hydrogens is 304 g/mol. The normalized spacial score (nSPS) is 11.7. The molecule has 0 saturated carbocycles. The molecule has 3 N–H and O–H groups in total. The minimum atomic E-state index is -3.91. The van der Waals surface area contributed by atoms with Crippen molar-refractivity contribution in [2.75, 3.05) is 13.2 Å². The van der Waals surface area contributed by atoms with Gasteiger partial charge in [-0.1, -0.05) is 11.6 Å². The molecule has 1 aromatic rings. The Morgan fingerprint density at radius 1 is 1.40 bits per heavy atom. The number of ether oxygens (including phenoxy) is 1. The van der Waals surface area contributed by atoms with Crippen LogP contribution in [-0.4, -0.2) is 33.6 Å². The number of benzene rings is 1. The average Bonchev–Trinajstić information content (AvgIpc) is 2.32. The monoisotopic (exact) mass is 320 g/mol. The summed E-state index contributed by atoms with van der Waals surface area (Å²) >= 11 is 5.78. The van der Waals surface area contributed by atoms with Crippen LogP contribution in [0.2, 0.25) is 5.02 Å². The summed E-state index contributed by atoms with van der Waals surface area (Å²) < 4.78 is 27.8. The number of nitrogens with two attached hydrogens (primary N) is 1. The molecule has 8 heteroatoms. The van der Waals surface area contributed by atoms with Crippen molar-refractivity contribution in [2.24, 2.45) is 5.14 Å². The molecule has 0 heterocycles. The zero-order chi connectivity index (χ0) is 15.3. The van der Waals surface area contributed by atoms with Crippen LogP contribution in [-0.2, 0) is 14.8 Å². The van der Waals surface area contributed by atoms with Gasteiger partial charge in [-0.3, -0.25) is 4.79 Å². The highest BCUT2D eigenvalue weighted by atomic mass is 35.5. The third-order valence-corrected chi connectivity index (χ3v) is 3.41. The molecule has 0 spiro atoms. The van der Waals surface area contributed by atoms with Gasteiger partial charge in [0.15, 0.2) is 0 Å². The van der Waals surface area contributed by atoms with E-state index < -0.39 is 15.9 Å². The van der Waals surface area contributed by atoms with E-state index in [1.807, 2.05) is 13.8 Å². The Labute approximate surface area is 123 Å². The number of primary sulfonamides is 1. The largest absolute Gasteiger partial charge is 0.377 e. The van der Waals surface area contributed by atoms with Gasteiger partial charge >= 0.3 is 0 Å². The minimum absolute atomic E-state index is 0.0760. The first-order valence-corrected chi connectivity index (χ1v) is 7.86. The van der Waals surface area contributed by atoms with Crippen LogP contribution in [0.15, 0.2) is 23.1 Å². The summed E-state index contributed by atoms with van der Waals surface area (Å²) in [5.41, 5.74) is 0.131. The summed E-state index contributed by atoms with van der Waals surface area (Å²) in [6, 6.07) is 3.74. The van der Waals surface area contributed by atoms with Crippen LogP contribution in [0.5, 0.6) is 0 Å². The van der Waals surface area contributed by atoms with E-state index in [4.69, 9.17) is 21.5 Å². The van der Waals surface area contributed by atoms with Crippen LogP contribution in [0.4, 0.5) is 0 Å². The lowest BCUT2D eigenvalue weighted by atomic mass is 10.2. The number of sulfonamides is 1. The fourth-order valence-electron chi connectivity index (χ4n) is 1.42. The molecule has 0 radical (unpaired) electrons. The zero-order valence-corrected chi connectivity index (χ0v) is 12.8. The van der Waals surface area contributed by atoms with Gasteiger partial charge in [-0.15, -0.1) is 0 Å². The lowest BCUT2D eigenvalue weighted by Crippen LogP contribution is -2.28. The van der Waals surface area contributed by atoms with Gasteiger partial charge in [0.1, 0.15) is 0 Å². The highest BCUT2D eigenvalue weighted by Crippen LogP contribution is 2.18. The highest BCUT2D eigenvalue weighted by Gasteiger charge is 2.14. The van der Waals surface area contributed by atoms with E-state index in [0.29, 0.717) is 13.2 Å². The maximum atomic E-state index is 11.9. The lowest BCUT2D eigenvalue weighted by molar-refractivity contribution is 0.0746. The Bertz CT molecular complexity index is 587. The zero-order valence-electron chi connectivity index (χ0n) is 11.2. The lowest BCUT2D eigenvalue weighted by Gasteiger charge is -2.09. The second-order valence-corrected chi connectivity index (χ2v) is 6.39. The fourth-order valence-corrected chi connectivity index (χ4v) is 2.30. The van der Waals surface area contributed by atoms with Gasteiger partial charge in [0.2, 0.25) is 10.0 Å². The number of hydrogen-bond donors (Lipinski definition) is 2. The smallest absolute Gasteiger partial charge is 0.251 e. The first-order valence-electron chi connectivity index (χ1n) is 5.93. The van der Waals surface area contributed by atoms with Gasteiger partial charge in [-0.2, -0.15) is 0 Å². The Balaban J connectivity index is 2.76. The molecular formula is C12H17ClN2O4S. The molecule has 0 aromatic heterocycles. The summed E-state index contributed by atoms with van der Waals surface area (Å²) in [4.78, 5) is 11.7. The van der Waals surface area contributed by atoms with E-state index in [9.17, 15) is 13.2 Å². The van der Waals surface area contributed by atoms with Crippen molar-refractivity contribution in [1.82, 2.24) is 5.32 Å². The molecule has 0 fully saturated rings. The maximum Gasteiger partial charge on any atom is 0.251 e. The van der Waals surface area contributed by atoms with Crippen molar-refractivity contribution in [3.05, 3.63) is 28.8 Å². The molecule has 0 unspecified atom stereocenters. The molecule has 0 aliphatic rings. The summed E-state index contributed by atoms with van der Waals surface area (Å²) in [5.74, 6) is -0.440. The number of hydrogen-bond acceptors (Lipinski definition) is 4. The Morgan fingerprint density at radius 2 is 2.05 bits per heavy atom. The maximum absolute atomic E-state index is 11.9. The van der Waals surface area contributed by atoms with Crippen molar-refractivity contribution in [3.63, 3.8) is 0 Å².